The van der Waals surface area contributed by atoms with Gasteiger partial charge in [0, 0.05) is 30.2 Å². The molecule has 0 saturated carbocycles. The summed E-state index contributed by atoms with van der Waals surface area (Å²) in [4.78, 5) is 11.1. The van der Waals surface area contributed by atoms with Gasteiger partial charge < -0.3 is 10.6 Å². The minimum Gasteiger partial charge on any atom is -0.385 e. The van der Waals surface area contributed by atoms with Crippen molar-refractivity contribution in [1.82, 2.24) is 5.32 Å². The van der Waals surface area contributed by atoms with Gasteiger partial charge in [-0.15, -0.1) is 0 Å². The Balaban J connectivity index is 2.26. The van der Waals surface area contributed by atoms with Crippen LogP contribution in [0.25, 0.3) is 0 Å². The summed E-state index contributed by atoms with van der Waals surface area (Å²) in [6.07, 6.45) is 0.483. The van der Waals surface area contributed by atoms with Gasteiger partial charge in [0.2, 0.25) is 5.91 Å². The molecular formula is C11H15ClN2O. The third-order valence-electron chi connectivity index (χ3n) is 1.90. The molecule has 0 unspecified atom stereocenters. The summed E-state index contributed by atoms with van der Waals surface area (Å²) in [6, 6.07) is 7.41. The fraction of sp³-hybridized carbons (Fsp3) is 0.364. The Morgan fingerprint density at radius 3 is 2.60 bits per heavy atom. The van der Waals surface area contributed by atoms with Crippen LogP contribution in [0.5, 0.6) is 0 Å². The third kappa shape index (κ3) is 4.70. The van der Waals surface area contributed by atoms with Crippen LogP contribution in [0.1, 0.15) is 13.3 Å². The van der Waals surface area contributed by atoms with E-state index in [-0.39, 0.29) is 5.91 Å². The van der Waals surface area contributed by atoms with E-state index in [0.717, 1.165) is 5.69 Å². The van der Waals surface area contributed by atoms with Crippen LogP contribution in [-0.4, -0.2) is 19.0 Å². The van der Waals surface area contributed by atoms with E-state index in [9.17, 15) is 4.79 Å². The number of carbonyl (C=O) groups is 1. The lowest BCUT2D eigenvalue weighted by atomic mass is 10.3. The quantitative estimate of drug-likeness (QED) is 0.809. The normalized spacial score (nSPS) is 9.73. The molecule has 0 heterocycles. The molecule has 0 aromatic heterocycles. The summed E-state index contributed by atoms with van der Waals surface area (Å²) >= 11 is 5.75. The Labute approximate surface area is 94.8 Å². The van der Waals surface area contributed by atoms with E-state index in [1.807, 2.05) is 31.2 Å². The first kappa shape index (κ1) is 11.9. The molecule has 0 aliphatic carbocycles. The SMILES string of the molecule is CCNC(=O)CCNc1ccc(Cl)cc1. The highest BCUT2D eigenvalue weighted by Crippen LogP contribution is 2.12. The smallest absolute Gasteiger partial charge is 0.221 e. The van der Waals surface area contributed by atoms with E-state index in [4.69, 9.17) is 11.6 Å². The van der Waals surface area contributed by atoms with Crippen molar-refractivity contribution in [2.45, 2.75) is 13.3 Å². The number of halogens is 1. The van der Waals surface area contributed by atoms with E-state index in [1.165, 1.54) is 0 Å². The van der Waals surface area contributed by atoms with Crippen LogP contribution in [0, 0.1) is 0 Å². The molecule has 3 nitrogen and oxygen atoms in total. The highest BCUT2D eigenvalue weighted by Gasteiger charge is 1.98. The maximum absolute atomic E-state index is 11.1. The van der Waals surface area contributed by atoms with Crippen LogP contribution >= 0.6 is 11.6 Å². The molecule has 0 radical (unpaired) electrons. The summed E-state index contributed by atoms with van der Waals surface area (Å²) in [6.45, 7) is 3.22. The topological polar surface area (TPSA) is 41.1 Å². The summed E-state index contributed by atoms with van der Waals surface area (Å²) in [5.41, 5.74) is 0.976. The predicted molar refractivity (Wildman–Crippen MR) is 63.2 cm³/mol. The Morgan fingerprint density at radius 1 is 1.33 bits per heavy atom. The molecule has 1 aromatic rings. The summed E-state index contributed by atoms with van der Waals surface area (Å²) in [5, 5.41) is 6.59. The van der Waals surface area contributed by atoms with Crippen LogP contribution in [0.15, 0.2) is 24.3 Å². The van der Waals surface area contributed by atoms with Crippen LogP contribution < -0.4 is 10.6 Å². The van der Waals surface area contributed by atoms with Crippen molar-refractivity contribution in [2.24, 2.45) is 0 Å². The molecule has 0 bridgehead atoms. The minimum atomic E-state index is 0.0685. The maximum Gasteiger partial charge on any atom is 0.221 e. The number of nitrogens with one attached hydrogen (secondary N) is 2. The van der Waals surface area contributed by atoms with Crippen molar-refractivity contribution < 1.29 is 4.79 Å². The lowest BCUT2D eigenvalue weighted by Crippen LogP contribution is -2.24. The number of hydrogen-bond donors (Lipinski definition) is 2. The first-order valence-electron chi connectivity index (χ1n) is 4.98. The summed E-state index contributed by atoms with van der Waals surface area (Å²) < 4.78 is 0. The Kier molecular flexibility index (Phi) is 4.98. The largest absolute Gasteiger partial charge is 0.385 e. The zero-order valence-electron chi connectivity index (χ0n) is 8.72. The Morgan fingerprint density at radius 2 is 2.00 bits per heavy atom. The predicted octanol–water partition coefficient (Wildman–Crippen LogP) is 2.28. The Bertz CT molecular complexity index is 311. The maximum atomic E-state index is 11.1. The van der Waals surface area contributed by atoms with Crippen molar-refractivity contribution in [2.75, 3.05) is 18.4 Å². The Hall–Kier alpha value is -1.22. The van der Waals surface area contributed by atoms with Gasteiger partial charge in [-0.3, -0.25) is 4.79 Å². The van der Waals surface area contributed by atoms with E-state index in [1.54, 1.807) is 0 Å². The monoisotopic (exact) mass is 226 g/mol. The number of hydrogen-bond acceptors (Lipinski definition) is 2. The molecule has 1 rings (SSSR count). The average molecular weight is 227 g/mol. The van der Waals surface area contributed by atoms with E-state index in [2.05, 4.69) is 10.6 Å². The number of rotatable bonds is 5. The first-order valence-corrected chi connectivity index (χ1v) is 5.36. The third-order valence-corrected chi connectivity index (χ3v) is 2.15. The molecule has 0 fully saturated rings. The molecule has 2 N–H and O–H groups in total. The van der Waals surface area contributed by atoms with Crippen molar-refractivity contribution in [3.8, 4) is 0 Å². The molecule has 1 amide bonds. The van der Waals surface area contributed by atoms with Crippen LogP contribution in [0.3, 0.4) is 0 Å². The zero-order chi connectivity index (χ0) is 11.1. The molecule has 0 aliphatic heterocycles. The van der Waals surface area contributed by atoms with Gasteiger partial charge in [0.1, 0.15) is 0 Å². The van der Waals surface area contributed by atoms with Crippen LogP contribution in [-0.2, 0) is 4.79 Å². The standard InChI is InChI=1S/C11H15ClN2O/c1-2-13-11(15)7-8-14-10-5-3-9(12)4-6-10/h3-6,14H,2,7-8H2,1H3,(H,13,15). The lowest BCUT2D eigenvalue weighted by Gasteiger charge is -2.06. The van der Waals surface area contributed by atoms with E-state index >= 15 is 0 Å². The molecule has 82 valence electrons. The fourth-order valence-electron chi connectivity index (χ4n) is 1.17. The molecule has 0 atom stereocenters. The van der Waals surface area contributed by atoms with E-state index in [0.29, 0.717) is 24.5 Å². The molecule has 0 aliphatic rings. The molecule has 15 heavy (non-hydrogen) atoms. The second kappa shape index (κ2) is 6.30. The van der Waals surface area contributed by atoms with E-state index < -0.39 is 0 Å². The number of carbonyl (C=O) groups excluding carboxylic acids is 1. The summed E-state index contributed by atoms with van der Waals surface area (Å²) in [7, 11) is 0. The lowest BCUT2D eigenvalue weighted by molar-refractivity contribution is -0.120. The average Bonchev–Trinajstić information content (AvgIpc) is 2.21. The molecule has 0 spiro atoms. The van der Waals surface area contributed by atoms with Gasteiger partial charge in [-0.2, -0.15) is 0 Å². The van der Waals surface area contributed by atoms with Gasteiger partial charge in [-0.25, -0.2) is 0 Å². The van der Waals surface area contributed by atoms with Crippen molar-refractivity contribution in [1.29, 1.82) is 0 Å². The van der Waals surface area contributed by atoms with Crippen molar-refractivity contribution in [3.05, 3.63) is 29.3 Å². The van der Waals surface area contributed by atoms with Gasteiger partial charge in [0.05, 0.1) is 0 Å². The van der Waals surface area contributed by atoms with Crippen molar-refractivity contribution in [3.63, 3.8) is 0 Å². The fourth-order valence-corrected chi connectivity index (χ4v) is 1.30. The highest BCUT2D eigenvalue weighted by molar-refractivity contribution is 6.30. The van der Waals surface area contributed by atoms with Crippen molar-refractivity contribution >= 4 is 23.2 Å². The minimum absolute atomic E-state index is 0.0685. The summed E-state index contributed by atoms with van der Waals surface area (Å²) in [5.74, 6) is 0.0685. The number of anilines is 1. The molecular weight excluding hydrogens is 212 g/mol. The highest BCUT2D eigenvalue weighted by atomic mass is 35.5. The van der Waals surface area contributed by atoms with Gasteiger partial charge in [0.15, 0.2) is 0 Å². The zero-order valence-corrected chi connectivity index (χ0v) is 9.47. The number of benzene rings is 1. The van der Waals surface area contributed by atoms with Crippen LogP contribution in [0.2, 0.25) is 5.02 Å². The second-order valence-corrected chi connectivity index (χ2v) is 3.57. The van der Waals surface area contributed by atoms with Gasteiger partial charge in [-0.05, 0) is 31.2 Å². The van der Waals surface area contributed by atoms with Gasteiger partial charge in [-0.1, -0.05) is 11.6 Å². The number of amides is 1. The molecule has 1 aromatic carbocycles. The second-order valence-electron chi connectivity index (χ2n) is 3.14. The first-order chi connectivity index (χ1) is 7.22. The molecule has 0 saturated heterocycles. The molecule has 4 heteroatoms. The van der Waals surface area contributed by atoms with Gasteiger partial charge in [0.25, 0.3) is 0 Å². The van der Waals surface area contributed by atoms with Crippen LogP contribution in [0.4, 0.5) is 5.69 Å². The van der Waals surface area contributed by atoms with Gasteiger partial charge >= 0.3 is 0 Å².